The first-order valence-electron chi connectivity index (χ1n) is 13.0. The minimum atomic E-state index is -0.215. The van der Waals surface area contributed by atoms with Gasteiger partial charge in [-0.3, -0.25) is 0 Å². The highest BCUT2D eigenvalue weighted by molar-refractivity contribution is 5.85. The lowest BCUT2D eigenvalue weighted by Gasteiger charge is -2.28. The number of benzene rings is 3. The highest BCUT2D eigenvalue weighted by Gasteiger charge is 2.20. The molecule has 0 unspecified atom stereocenters. The molecule has 1 heteroatoms. The van der Waals surface area contributed by atoms with Crippen LogP contribution in [0.2, 0.25) is 0 Å². The largest absolute Gasteiger partial charge is 0.205 e. The van der Waals surface area contributed by atoms with Crippen LogP contribution in [0, 0.1) is 29.5 Å². The Bertz CT molecular complexity index is 1100. The van der Waals surface area contributed by atoms with Crippen molar-refractivity contribution >= 4 is 10.8 Å². The van der Waals surface area contributed by atoms with Crippen molar-refractivity contribution in [1.82, 2.24) is 0 Å². The first kappa shape index (κ1) is 23.6. The predicted molar refractivity (Wildman–Crippen MR) is 139 cm³/mol. The molecule has 0 saturated heterocycles. The molecule has 3 aromatic rings. The quantitative estimate of drug-likeness (QED) is 0.322. The monoisotopic (exact) mass is 440 g/mol. The van der Waals surface area contributed by atoms with E-state index in [1.165, 1.54) is 56.1 Å². The first-order valence-corrected chi connectivity index (χ1v) is 13.0. The molecule has 1 aliphatic carbocycles. The van der Waals surface area contributed by atoms with Crippen LogP contribution in [0.1, 0.15) is 87.5 Å². The fourth-order valence-electron chi connectivity index (χ4n) is 5.36. The summed E-state index contributed by atoms with van der Waals surface area (Å²) in [7, 11) is 0. The molecule has 1 saturated carbocycles. The van der Waals surface area contributed by atoms with Gasteiger partial charge in [0.2, 0.25) is 0 Å². The van der Waals surface area contributed by atoms with Crippen LogP contribution in [0.25, 0.3) is 10.8 Å². The van der Waals surface area contributed by atoms with Crippen LogP contribution < -0.4 is 0 Å². The van der Waals surface area contributed by atoms with Crippen molar-refractivity contribution in [2.24, 2.45) is 11.8 Å². The van der Waals surface area contributed by atoms with Gasteiger partial charge >= 0.3 is 0 Å². The van der Waals surface area contributed by atoms with E-state index in [0.29, 0.717) is 10.9 Å². The zero-order valence-corrected chi connectivity index (χ0v) is 20.3. The maximum atomic E-state index is 15.0. The molecule has 0 heterocycles. The van der Waals surface area contributed by atoms with Crippen molar-refractivity contribution in [1.29, 1.82) is 0 Å². The molecule has 1 aliphatic rings. The summed E-state index contributed by atoms with van der Waals surface area (Å²) in [5.41, 5.74) is 4.05. The van der Waals surface area contributed by atoms with E-state index in [4.69, 9.17) is 0 Å². The molecule has 0 aliphatic heterocycles. The van der Waals surface area contributed by atoms with E-state index in [9.17, 15) is 4.39 Å². The summed E-state index contributed by atoms with van der Waals surface area (Å²) in [6.07, 6.45) is 13.0. The number of halogens is 1. The van der Waals surface area contributed by atoms with Gasteiger partial charge in [-0.15, -0.1) is 0 Å². The Labute approximate surface area is 199 Å². The molecule has 0 radical (unpaired) electrons. The summed E-state index contributed by atoms with van der Waals surface area (Å²) in [4.78, 5) is 0. The van der Waals surface area contributed by atoms with Crippen LogP contribution >= 0.6 is 0 Å². The Kier molecular flexibility index (Phi) is 8.22. The third kappa shape index (κ3) is 6.26. The summed E-state index contributed by atoms with van der Waals surface area (Å²) >= 11 is 0. The summed E-state index contributed by atoms with van der Waals surface area (Å²) in [5, 5.41) is 1.60. The standard InChI is InChI=1S/C32H37F/c1-3-5-24-7-9-25(10-8-24)11-12-26-13-15-27(16-14-26)17-19-29-20-21-30-23-28(6-4-2)18-22-31(30)32(29)33/h13-16,18,20-25H,3-12H2,1-2H3. The minimum Gasteiger partial charge on any atom is -0.205 e. The van der Waals surface area contributed by atoms with Gasteiger partial charge in [0.15, 0.2) is 0 Å². The molecule has 0 aromatic heterocycles. The molecule has 0 spiro atoms. The highest BCUT2D eigenvalue weighted by atomic mass is 19.1. The third-order valence-corrected chi connectivity index (χ3v) is 7.36. The molecule has 4 rings (SSSR count). The van der Waals surface area contributed by atoms with Gasteiger partial charge in [0.25, 0.3) is 0 Å². The van der Waals surface area contributed by atoms with E-state index in [1.807, 2.05) is 24.3 Å². The number of hydrogen-bond acceptors (Lipinski definition) is 0. The van der Waals surface area contributed by atoms with Crippen molar-refractivity contribution in [2.45, 2.75) is 78.1 Å². The zero-order valence-electron chi connectivity index (χ0n) is 20.3. The van der Waals surface area contributed by atoms with Crippen LogP contribution in [0.15, 0.2) is 54.6 Å². The molecule has 172 valence electrons. The molecule has 0 amide bonds. The van der Waals surface area contributed by atoms with Gasteiger partial charge in [-0.2, -0.15) is 0 Å². The summed E-state index contributed by atoms with van der Waals surface area (Å²) in [5.74, 6) is 7.87. The van der Waals surface area contributed by atoms with Crippen LogP contribution in [-0.2, 0) is 12.8 Å². The van der Waals surface area contributed by atoms with Crippen molar-refractivity contribution in [2.75, 3.05) is 0 Å². The van der Waals surface area contributed by atoms with Crippen LogP contribution in [0.4, 0.5) is 4.39 Å². The first-order chi connectivity index (χ1) is 16.2. The summed E-state index contributed by atoms with van der Waals surface area (Å²) in [6.45, 7) is 4.47. The smallest absolute Gasteiger partial charge is 0.146 e. The van der Waals surface area contributed by atoms with Gasteiger partial charge < -0.3 is 0 Å². The SMILES string of the molecule is CCCc1ccc2c(F)c(C#Cc3ccc(CCC4CCC(CCC)CC4)cc3)ccc2c1. The Morgan fingerprint density at radius 1 is 0.727 bits per heavy atom. The van der Waals surface area contributed by atoms with Gasteiger partial charge in [0.05, 0.1) is 5.56 Å². The predicted octanol–water partition coefficient (Wildman–Crippen LogP) is 8.87. The lowest BCUT2D eigenvalue weighted by atomic mass is 9.78. The van der Waals surface area contributed by atoms with E-state index in [-0.39, 0.29) is 5.82 Å². The van der Waals surface area contributed by atoms with E-state index in [2.05, 4.69) is 56.0 Å². The van der Waals surface area contributed by atoms with E-state index >= 15 is 0 Å². The molecule has 0 atom stereocenters. The molecule has 33 heavy (non-hydrogen) atoms. The summed E-state index contributed by atoms with van der Waals surface area (Å²) in [6, 6.07) is 18.4. The van der Waals surface area contributed by atoms with Crippen LogP contribution in [0.3, 0.4) is 0 Å². The number of hydrogen-bond donors (Lipinski definition) is 0. The second kappa shape index (κ2) is 11.5. The average molecular weight is 441 g/mol. The summed E-state index contributed by atoms with van der Waals surface area (Å²) < 4.78 is 15.0. The average Bonchev–Trinajstić information content (AvgIpc) is 2.84. The van der Waals surface area contributed by atoms with Crippen LogP contribution in [0.5, 0.6) is 0 Å². The van der Waals surface area contributed by atoms with Gasteiger partial charge in [-0.1, -0.05) is 107 Å². The lowest BCUT2D eigenvalue weighted by molar-refractivity contribution is 0.252. The topological polar surface area (TPSA) is 0 Å². The van der Waals surface area contributed by atoms with Crippen LogP contribution in [-0.4, -0.2) is 0 Å². The molecule has 3 aromatic carbocycles. The molecule has 1 fully saturated rings. The second-order valence-electron chi connectivity index (χ2n) is 9.89. The van der Waals surface area contributed by atoms with E-state index in [0.717, 1.165) is 42.0 Å². The van der Waals surface area contributed by atoms with Crippen molar-refractivity contribution in [3.63, 3.8) is 0 Å². The second-order valence-corrected chi connectivity index (χ2v) is 9.89. The van der Waals surface area contributed by atoms with E-state index < -0.39 is 0 Å². The van der Waals surface area contributed by atoms with Gasteiger partial charge in [0, 0.05) is 10.9 Å². The van der Waals surface area contributed by atoms with Crippen molar-refractivity contribution in [3.05, 3.63) is 82.7 Å². The Morgan fingerprint density at radius 3 is 2.12 bits per heavy atom. The minimum absolute atomic E-state index is 0.215. The Balaban J connectivity index is 1.36. The third-order valence-electron chi connectivity index (χ3n) is 7.36. The number of fused-ring (bicyclic) bond motifs is 1. The fourth-order valence-corrected chi connectivity index (χ4v) is 5.36. The Hall–Kier alpha value is -2.59. The fraction of sp³-hybridized carbons (Fsp3) is 0.438. The lowest BCUT2D eigenvalue weighted by Crippen LogP contribution is -2.15. The number of rotatable bonds is 7. The van der Waals surface area contributed by atoms with E-state index in [1.54, 1.807) is 0 Å². The van der Waals surface area contributed by atoms with Gasteiger partial charge in [-0.25, -0.2) is 4.39 Å². The molecule has 0 N–H and O–H groups in total. The molecule has 0 nitrogen and oxygen atoms in total. The maximum Gasteiger partial charge on any atom is 0.146 e. The number of aryl methyl sites for hydroxylation is 2. The highest BCUT2D eigenvalue weighted by Crippen LogP contribution is 2.33. The van der Waals surface area contributed by atoms with Crippen molar-refractivity contribution in [3.8, 4) is 11.8 Å². The van der Waals surface area contributed by atoms with Gasteiger partial charge in [-0.05, 0) is 65.8 Å². The normalized spacial score (nSPS) is 18.2. The molecular weight excluding hydrogens is 403 g/mol. The molecule has 0 bridgehead atoms. The van der Waals surface area contributed by atoms with Crippen molar-refractivity contribution < 1.29 is 4.39 Å². The van der Waals surface area contributed by atoms with Gasteiger partial charge in [0.1, 0.15) is 5.82 Å². The Morgan fingerprint density at radius 2 is 1.42 bits per heavy atom. The molecular formula is C32H37F. The zero-order chi connectivity index (χ0) is 23.0. The maximum absolute atomic E-state index is 15.0.